The summed E-state index contributed by atoms with van der Waals surface area (Å²) in [5.41, 5.74) is 2.17. The molecule has 2 aromatic heterocycles. The molecule has 2 aromatic carbocycles. The molecule has 0 unspecified atom stereocenters. The van der Waals surface area contributed by atoms with Gasteiger partial charge in [-0.2, -0.15) is 0 Å². The second-order valence-corrected chi connectivity index (χ2v) is 6.56. The van der Waals surface area contributed by atoms with Gasteiger partial charge >= 0.3 is 0 Å². The number of carbonyl (C=O) groups excluding carboxylic acids is 1. The molecule has 2 heterocycles. The Morgan fingerprint density at radius 1 is 1.19 bits per heavy atom. The fourth-order valence-corrected chi connectivity index (χ4v) is 3.48. The van der Waals surface area contributed by atoms with Gasteiger partial charge in [0.25, 0.3) is 0 Å². The molecule has 0 saturated carbocycles. The second-order valence-electron chi connectivity index (χ2n) is 5.70. The van der Waals surface area contributed by atoms with E-state index in [1.165, 1.54) is 23.5 Å². The van der Waals surface area contributed by atoms with Gasteiger partial charge in [0.1, 0.15) is 40.8 Å². The molecule has 0 aliphatic carbocycles. The number of hydrogen-bond donors (Lipinski definition) is 0. The minimum absolute atomic E-state index is 0.141. The summed E-state index contributed by atoms with van der Waals surface area (Å²) in [5.74, 6) is 0.392. The normalized spacial score (nSPS) is 11.0. The average Bonchev–Trinajstić information content (AvgIpc) is 3.27. The van der Waals surface area contributed by atoms with E-state index in [-0.39, 0.29) is 13.0 Å². The largest absolute Gasteiger partial charge is 0.486 e. The van der Waals surface area contributed by atoms with Crippen LogP contribution < -0.4 is 4.74 Å². The third-order valence-corrected chi connectivity index (χ3v) is 4.79. The number of fused-ring (bicyclic) bond motifs is 1. The number of halogens is 1. The fourth-order valence-electron chi connectivity index (χ4n) is 2.67. The van der Waals surface area contributed by atoms with E-state index in [0.29, 0.717) is 22.5 Å². The van der Waals surface area contributed by atoms with Gasteiger partial charge < -0.3 is 13.9 Å². The van der Waals surface area contributed by atoms with Crippen molar-refractivity contribution < 1.29 is 18.3 Å². The number of furan rings is 1. The predicted octanol–water partition coefficient (Wildman–Crippen LogP) is 5.02. The first-order valence-electron chi connectivity index (χ1n) is 8.01. The van der Waals surface area contributed by atoms with Gasteiger partial charge in [0.15, 0.2) is 0 Å². The van der Waals surface area contributed by atoms with E-state index in [0.717, 1.165) is 22.6 Å². The number of carbonyl (C=O) groups is 1. The number of hydrogen-bond acceptors (Lipinski definition) is 5. The average molecular weight is 367 g/mol. The lowest BCUT2D eigenvalue weighted by atomic mass is 10.2. The highest BCUT2D eigenvalue weighted by molar-refractivity contribution is 7.13. The van der Waals surface area contributed by atoms with Crippen molar-refractivity contribution in [1.82, 2.24) is 4.98 Å². The molecule has 0 spiro atoms. The van der Waals surface area contributed by atoms with Gasteiger partial charge in [0.2, 0.25) is 0 Å². The first-order valence-corrected chi connectivity index (χ1v) is 8.89. The minimum Gasteiger partial charge on any atom is -0.486 e. The lowest BCUT2D eigenvalue weighted by Gasteiger charge is -2.05. The van der Waals surface area contributed by atoms with Crippen LogP contribution in [-0.4, -0.2) is 11.3 Å². The van der Waals surface area contributed by atoms with E-state index < -0.39 is 5.82 Å². The molecule has 4 rings (SSSR count). The summed E-state index contributed by atoms with van der Waals surface area (Å²) >= 11 is 1.53. The highest BCUT2D eigenvalue weighted by Gasteiger charge is 2.13. The summed E-state index contributed by atoms with van der Waals surface area (Å²) < 4.78 is 25.1. The van der Waals surface area contributed by atoms with E-state index in [9.17, 15) is 9.18 Å². The van der Waals surface area contributed by atoms with Crippen LogP contribution in [0.15, 0.2) is 58.3 Å². The first kappa shape index (κ1) is 16.5. The Hall–Kier alpha value is -2.99. The molecule has 0 amide bonds. The van der Waals surface area contributed by atoms with Gasteiger partial charge in [-0.25, -0.2) is 9.37 Å². The Balaban J connectivity index is 1.56. The second kappa shape index (κ2) is 7.09. The maximum absolute atomic E-state index is 13.8. The van der Waals surface area contributed by atoms with Gasteiger partial charge in [-0.15, -0.1) is 11.3 Å². The molecule has 0 aliphatic rings. The Labute approximate surface area is 152 Å². The van der Waals surface area contributed by atoms with Crippen molar-refractivity contribution in [2.24, 2.45) is 0 Å². The van der Waals surface area contributed by atoms with Crippen molar-refractivity contribution in [1.29, 1.82) is 0 Å². The molecular formula is C20H14FNO3S. The van der Waals surface area contributed by atoms with Crippen LogP contribution in [0.2, 0.25) is 0 Å². The smallest absolute Gasteiger partial charge is 0.140 e. The molecule has 0 bridgehead atoms. The topological polar surface area (TPSA) is 52.3 Å². The molecule has 0 aliphatic heterocycles. The van der Waals surface area contributed by atoms with E-state index >= 15 is 0 Å². The molecule has 0 N–H and O–H groups in total. The minimum atomic E-state index is -0.456. The number of nitrogens with zero attached hydrogens (tertiary/aromatic N) is 1. The Morgan fingerprint density at radius 3 is 2.85 bits per heavy atom. The summed E-state index contributed by atoms with van der Waals surface area (Å²) in [6.07, 6.45) is 0.886. The highest BCUT2D eigenvalue weighted by Crippen LogP contribution is 2.31. The Kier molecular flexibility index (Phi) is 4.50. The van der Waals surface area contributed by atoms with Crippen LogP contribution in [-0.2, 0) is 17.8 Å². The quantitative estimate of drug-likeness (QED) is 0.449. The van der Waals surface area contributed by atoms with Gasteiger partial charge in [-0.1, -0.05) is 30.3 Å². The summed E-state index contributed by atoms with van der Waals surface area (Å²) in [6, 6.07) is 14.2. The predicted molar refractivity (Wildman–Crippen MR) is 97.8 cm³/mol. The van der Waals surface area contributed by atoms with Crippen LogP contribution in [0.1, 0.15) is 11.5 Å². The molecule has 0 saturated heterocycles. The SMILES string of the molecule is O=CCc1cc2c(OCc3csc(-c4ccccc4)n3)cc(F)cc2o1. The van der Waals surface area contributed by atoms with E-state index in [1.807, 2.05) is 35.7 Å². The first-order chi connectivity index (χ1) is 12.7. The molecule has 130 valence electrons. The van der Waals surface area contributed by atoms with E-state index in [2.05, 4.69) is 4.98 Å². The lowest BCUT2D eigenvalue weighted by molar-refractivity contribution is -0.107. The van der Waals surface area contributed by atoms with Crippen LogP contribution >= 0.6 is 11.3 Å². The zero-order valence-electron chi connectivity index (χ0n) is 13.6. The molecule has 0 atom stereocenters. The number of ether oxygens (including phenoxy) is 1. The van der Waals surface area contributed by atoms with Crippen LogP contribution in [0.25, 0.3) is 21.5 Å². The van der Waals surface area contributed by atoms with Gasteiger partial charge in [-0.05, 0) is 6.07 Å². The van der Waals surface area contributed by atoms with Crippen molar-refractivity contribution >= 4 is 28.6 Å². The number of rotatable bonds is 6. The Morgan fingerprint density at radius 2 is 2.04 bits per heavy atom. The molecule has 4 nitrogen and oxygen atoms in total. The summed E-state index contributed by atoms with van der Waals surface area (Å²) in [4.78, 5) is 15.2. The van der Waals surface area contributed by atoms with Crippen LogP contribution in [0.4, 0.5) is 4.39 Å². The molecule has 6 heteroatoms. The molecule has 0 fully saturated rings. The summed E-state index contributed by atoms with van der Waals surface area (Å²) in [6.45, 7) is 0.218. The molecular weight excluding hydrogens is 353 g/mol. The van der Waals surface area contributed by atoms with Crippen molar-refractivity contribution in [3.05, 3.63) is 71.2 Å². The maximum Gasteiger partial charge on any atom is 0.140 e. The van der Waals surface area contributed by atoms with Crippen LogP contribution in [0.5, 0.6) is 5.75 Å². The van der Waals surface area contributed by atoms with Gasteiger partial charge in [0.05, 0.1) is 17.5 Å². The fraction of sp³-hybridized carbons (Fsp3) is 0.100. The van der Waals surface area contributed by atoms with Gasteiger partial charge in [-0.3, -0.25) is 0 Å². The van der Waals surface area contributed by atoms with Crippen molar-refractivity contribution in [2.75, 3.05) is 0 Å². The number of aldehydes is 1. The molecule has 4 aromatic rings. The standard InChI is InChI=1S/C20H14FNO3S/c21-14-8-18(17-10-16(6-7-23)25-19(17)9-14)24-11-15-12-26-20(22-15)13-4-2-1-3-5-13/h1-5,7-10,12H,6,11H2. The number of benzene rings is 2. The summed E-state index contributed by atoms with van der Waals surface area (Å²) in [7, 11) is 0. The number of thiazole rings is 1. The van der Waals surface area contributed by atoms with Crippen molar-refractivity contribution in [3.8, 4) is 16.3 Å². The molecule has 26 heavy (non-hydrogen) atoms. The maximum atomic E-state index is 13.8. The number of aromatic nitrogens is 1. The van der Waals surface area contributed by atoms with Crippen LogP contribution in [0.3, 0.4) is 0 Å². The third-order valence-electron chi connectivity index (χ3n) is 3.85. The lowest BCUT2D eigenvalue weighted by Crippen LogP contribution is -1.96. The van der Waals surface area contributed by atoms with E-state index in [4.69, 9.17) is 9.15 Å². The monoisotopic (exact) mass is 367 g/mol. The van der Waals surface area contributed by atoms with Crippen molar-refractivity contribution in [3.63, 3.8) is 0 Å². The zero-order valence-corrected chi connectivity index (χ0v) is 14.5. The third kappa shape index (κ3) is 3.36. The highest BCUT2D eigenvalue weighted by atomic mass is 32.1. The summed E-state index contributed by atoms with van der Waals surface area (Å²) in [5, 5.41) is 3.47. The van der Waals surface area contributed by atoms with Gasteiger partial charge in [0, 0.05) is 23.1 Å². The molecule has 0 radical (unpaired) electrons. The van der Waals surface area contributed by atoms with Crippen molar-refractivity contribution in [2.45, 2.75) is 13.0 Å². The van der Waals surface area contributed by atoms with E-state index in [1.54, 1.807) is 6.07 Å². The Bertz CT molecular complexity index is 1060. The zero-order chi connectivity index (χ0) is 17.9. The van der Waals surface area contributed by atoms with Crippen LogP contribution in [0, 0.1) is 5.82 Å².